The van der Waals surface area contributed by atoms with Crippen LogP contribution in [-0.4, -0.2) is 0 Å². The van der Waals surface area contributed by atoms with Crippen molar-refractivity contribution in [2.75, 3.05) is 0 Å². The van der Waals surface area contributed by atoms with E-state index in [1.54, 1.807) is 0 Å². The van der Waals surface area contributed by atoms with Gasteiger partial charge in [-0.2, -0.15) is 0 Å². The highest BCUT2D eigenvalue weighted by Gasteiger charge is 2.22. The maximum Gasteiger partial charge on any atom is 0.0424 e. The van der Waals surface area contributed by atoms with E-state index in [4.69, 9.17) is 0 Å². The molecular formula is C20H26S2. The SMILES string of the molecule is CC(C)C(SSC(c1ccccc1)C(C)C)c1ccccc1. The normalized spacial score (nSPS) is 14.3. The Morgan fingerprint density at radius 1 is 0.545 bits per heavy atom. The Kier molecular flexibility index (Phi) is 6.91. The highest BCUT2D eigenvalue weighted by atomic mass is 33.1. The van der Waals surface area contributed by atoms with E-state index in [9.17, 15) is 0 Å². The Morgan fingerprint density at radius 2 is 0.864 bits per heavy atom. The van der Waals surface area contributed by atoms with E-state index in [0.717, 1.165) is 0 Å². The largest absolute Gasteiger partial charge is 0.0850 e. The number of benzene rings is 2. The van der Waals surface area contributed by atoms with Crippen molar-refractivity contribution < 1.29 is 0 Å². The zero-order valence-corrected chi connectivity index (χ0v) is 15.5. The molecule has 118 valence electrons. The second kappa shape index (κ2) is 8.69. The summed E-state index contributed by atoms with van der Waals surface area (Å²) in [7, 11) is 4.06. The predicted octanol–water partition coefficient (Wildman–Crippen LogP) is 7.16. The molecule has 0 spiro atoms. The molecule has 0 aromatic heterocycles. The van der Waals surface area contributed by atoms with Crippen molar-refractivity contribution >= 4 is 21.6 Å². The number of hydrogen-bond acceptors (Lipinski definition) is 2. The van der Waals surface area contributed by atoms with Crippen LogP contribution in [0.15, 0.2) is 60.7 Å². The third-order valence-electron chi connectivity index (χ3n) is 3.73. The average Bonchev–Trinajstić information content (AvgIpc) is 2.52. The Bertz CT molecular complexity index is 483. The van der Waals surface area contributed by atoms with Gasteiger partial charge in [0.05, 0.1) is 0 Å². The third kappa shape index (κ3) is 4.82. The van der Waals surface area contributed by atoms with E-state index in [1.807, 2.05) is 21.6 Å². The first-order valence-corrected chi connectivity index (χ1v) is 10.3. The first-order valence-electron chi connectivity index (χ1n) is 8.01. The highest BCUT2D eigenvalue weighted by Crippen LogP contribution is 2.51. The lowest BCUT2D eigenvalue weighted by atomic mass is 10.0. The van der Waals surface area contributed by atoms with Crippen LogP contribution in [0.4, 0.5) is 0 Å². The molecule has 2 aromatic carbocycles. The maximum atomic E-state index is 2.32. The first kappa shape index (κ1) is 17.5. The quantitative estimate of drug-likeness (QED) is 0.494. The Balaban J connectivity index is 2.10. The number of rotatable bonds is 7. The van der Waals surface area contributed by atoms with Gasteiger partial charge >= 0.3 is 0 Å². The van der Waals surface area contributed by atoms with Crippen molar-refractivity contribution in [2.24, 2.45) is 11.8 Å². The molecule has 0 fully saturated rings. The summed E-state index contributed by atoms with van der Waals surface area (Å²) in [6.07, 6.45) is 0. The van der Waals surface area contributed by atoms with Crippen LogP contribution in [0.5, 0.6) is 0 Å². The molecule has 2 heteroatoms. The molecule has 0 amide bonds. The monoisotopic (exact) mass is 330 g/mol. The summed E-state index contributed by atoms with van der Waals surface area (Å²) in [5, 5.41) is 1.08. The fourth-order valence-electron chi connectivity index (χ4n) is 2.51. The summed E-state index contributed by atoms with van der Waals surface area (Å²) >= 11 is 0. The highest BCUT2D eigenvalue weighted by molar-refractivity contribution is 8.76. The topological polar surface area (TPSA) is 0 Å². The minimum Gasteiger partial charge on any atom is -0.0850 e. The van der Waals surface area contributed by atoms with Crippen molar-refractivity contribution in [3.63, 3.8) is 0 Å². The standard InChI is InChI=1S/C20H26S2/c1-15(2)19(17-11-7-5-8-12-17)21-22-20(16(3)4)18-13-9-6-10-14-18/h5-16,19-20H,1-4H3. The van der Waals surface area contributed by atoms with Crippen LogP contribution in [0.1, 0.15) is 49.3 Å². The van der Waals surface area contributed by atoms with Crippen LogP contribution in [0, 0.1) is 11.8 Å². The van der Waals surface area contributed by atoms with Crippen LogP contribution in [-0.2, 0) is 0 Å². The summed E-state index contributed by atoms with van der Waals surface area (Å²) in [6.45, 7) is 9.27. The van der Waals surface area contributed by atoms with Crippen molar-refractivity contribution in [2.45, 2.75) is 38.2 Å². The van der Waals surface area contributed by atoms with Gasteiger partial charge in [-0.05, 0) is 23.0 Å². The summed E-state index contributed by atoms with van der Waals surface area (Å²) in [5.74, 6) is 1.26. The Labute approximate surface area is 143 Å². The lowest BCUT2D eigenvalue weighted by Gasteiger charge is -2.25. The van der Waals surface area contributed by atoms with Crippen molar-refractivity contribution in [3.8, 4) is 0 Å². The molecule has 0 bridgehead atoms. The van der Waals surface area contributed by atoms with Crippen LogP contribution in [0.25, 0.3) is 0 Å². The van der Waals surface area contributed by atoms with Gasteiger partial charge in [-0.1, -0.05) is 110 Å². The van der Waals surface area contributed by atoms with E-state index in [0.29, 0.717) is 22.3 Å². The molecule has 0 aliphatic rings. The molecule has 0 N–H and O–H groups in total. The smallest absolute Gasteiger partial charge is 0.0424 e. The Hall–Kier alpha value is -0.860. The van der Waals surface area contributed by atoms with Crippen LogP contribution in [0.3, 0.4) is 0 Å². The molecule has 2 aromatic rings. The molecule has 0 aliphatic carbocycles. The molecular weight excluding hydrogens is 304 g/mol. The second-order valence-corrected chi connectivity index (χ2v) is 8.90. The summed E-state index contributed by atoms with van der Waals surface area (Å²) in [4.78, 5) is 0. The van der Waals surface area contributed by atoms with E-state index < -0.39 is 0 Å². The van der Waals surface area contributed by atoms with E-state index >= 15 is 0 Å². The molecule has 2 atom stereocenters. The lowest BCUT2D eigenvalue weighted by molar-refractivity contribution is 0.630. The fraction of sp³-hybridized carbons (Fsp3) is 0.400. The van der Waals surface area contributed by atoms with Gasteiger partial charge in [-0.15, -0.1) is 0 Å². The van der Waals surface area contributed by atoms with E-state index in [1.165, 1.54) is 11.1 Å². The number of hydrogen-bond donors (Lipinski definition) is 0. The van der Waals surface area contributed by atoms with E-state index in [-0.39, 0.29) is 0 Å². The van der Waals surface area contributed by atoms with Gasteiger partial charge in [0.2, 0.25) is 0 Å². The van der Waals surface area contributed by atoms with Gasteiger partial charge in [0, 0.05) is 10.5 Å². The summed E-state index contributed by atoms with van der Waals surface area (Å²) < 4.78 is 0. The summed E-state index contributed by atoms with van der Waals surface area (Å²) in [6, 6.07) is 21.8. The molecule has 2 unspecified atom stereocenters. The molecule has 0 saturated carbocycles. The molecule has 22 heavy (non-hydrogen) atoms. The van der Waals surface area contributed by atoms with Crippen molar-refractivity contribution in [1.82, 2.24) is 0 Å². The molecule has 0 saturated heterocycles. The van der Waals surface area contributed by atoms with Crippen LogP contribution in [0.2, 0.25) is 0 Å². The van der Waals surface area contributed by atoms with Gasteiger partial charge in [-0.25, -0.2) is 0 Å². The van der Waals surface area contributed by atoms with Gasteiger partial charge in [-0.3, -0.25) is 0 Å². The van der Waals surface area contributed by atoms with Gasteiger partial charge < -0.3 is 0 Å². The fourth-order valence-corrected chi connectivity index (χ4v) is 6.45. The lowest BCUT2D eigenvalue weighted by Crippen LogP contribution is -2.05. The zero-order valence-electron chi connectivity index (χ0n) is 13.9. The van der Waals surface area contributed by atoms with E-state index in [2.05, 4.69) is 88.4 Å². The maximum absolute atomic E-state index is 2.32. The average molecular weight is 331 g/mol. The van der Waals surface area contributed by atoms with Crippen LogP contribution < -0.4 is 0 Å². The van der Waals surface area contributed by atoms with Crippen LogP contribution >= 0.6 is 21.6 Å². The van der Waals surface area contributed by atoms with Crippen molar-refractivity contribution in [3.05, 3.63) is 71.8 Å². The Morgan fingerprint density at radius 3 is 1.14 bits per heavy atom. The molecule has 0 radical (unpaired) electrons. The first-order chi connectivity index (χ1) is 10.6. The molecule has 0 heterocycles. The molecule has 0 nitrogen and oxygen atoms in total. The predicted molar refractivity (Wildman–Crippen MR) is 103 cm³/mol. The van der Waals surface area contributed by atoms with Gasteiger partial charge in [0.25, 0.3) is 0 Å². The summed E-state index contributed by atoms with van der Waals surface area (Å²) in [5.41, 5.74) is 2.87. The minimum absolute atomic E-state index is 0.538. The zero-order chi connectivity index (χ0) is 15.9. The molecule has 0 aliphatic heterocycles. The minimum atomic E-state index is 0.538. The van der Waals surface area contributed by atoms with Crippen molar-refractivity contribution in [1.29, 1.82) is 0 Å². The third-order valence-corrected chi connectivity index (χ3v) is 7.47. The van der Waals surface area contributed by atoms with Gasteiger partial charge in [0.15, 0.2) is 0 Å². The van der Waals surface area contributed by atoms with Gasteiger partial charge in [0.1, 0.15) is 0 Å². The second-order valence-electron chi connectivity index (χ2n) is 6.34. The molecule has 2 rings (SSSR count).